The Kier molecular flexibility index (Phi) is 7.38. The highest BCUT2D eigenvalue weighted by atomic mass is 32.2. The van der Waals surface area contributed by atoms with Crippen molar-refractivity contribution in [2.45, 2.75) is 49.3 Å². The molecule has 0 atom stereocenters. The molecule has 2 saturated heterocycles. The number of aliphatic imine (C=N–C) groups is 1. The Balaban J connectivity index is 1.54. The molecule has 5 rings (SSSR count). The fraction of sp³-hybridized carbons (Fsp3) is 0.500. The van der Waals surface area contributed by atoms with E-state index >= 15 is 0 Å². The number of hydrogen-bond donors (Lipinski definition) is 3. The van der Waals surface area contributed by atoms with E-state index in [1.165, 1.54) is 5.56 Å². The van der Waals surface area contributed by atoms with Crippen LogP contribution < -0.4 is 15.8 Å². The number of nitrogens with zero attached hydrogens (tertiary/aromatic N) is 3. The van der Waals surface area contributed by atoms with Crippen LogP contribution in [0.4, 0.5) is 0 Å². The summed E-state index contributed by atoms with van der Waals surface area (Å²) < 4.78 is 25.9. The van der Waals surface area contributed by atoms with Crippen molar-refractivity contribution in [3.8, 4) is 11.1 Å². The van der Waals surface area contributed by atoms with Crippen LogP contribution in [0.1, 0.15) is 54.7 Å². The minimum atomic E-state index is -4.01. The molecule has 35 heavy (non-hydrogen) atoms. The molecule has 9 heteroatoms. The van der Waals surface area contributed by atoms with Crippen LogP contribution in [0.5, 0.6) is 0 Å². The molecule has 0 spiro atoms. The van der Waals surface area contributed by atoms with Crippen molar-refractivity contribution < 1.29 is 8.42 Å². The van der Waals surface area contributed by atoms with Gasteiger partial charge >= 0.3 is 0 Å². The third-order valence-electron chi connectivity index (χ3n) is 7.51. The molecule has 3 aliphatic rings. The van der Waals surface area contributed by atoms with Crippen LogP contribution in [0, 0.1) is 5.92 Å². The molecular formula is C26H34N6O2S. The van der Waals surface area contributed by atoms with Crippen molar-refractivity contribution in [3.05, 3.63) is 53.1 Å². The first kappa shape index (κ1) is 24.2. The Morgan fingerprint density at radius 3 is 2.23 bits per heavy atom. The second-order valence-electron chi connectivity index (χ2n) is 9.76. The molecule has 0 aliphatic carbocycles. The number of sulfonamides is 1. The lowest BCUT2D eigenvalue weighted by Gasteiger charge is -2.24. The van der Waals surface area contributed by atoms with Gasteiger partial charge in [0.2, 0.25) is 10.0 Å². The summed E-state index contributed by atoms with van der Waals surface area (Å²) in [5.41, 5.74) is 4.24. The lowest BCUT2D eigenvalue weighted by molar-refractivity contribution is 0.354. The van der Waals surface area contributed by atoms with Gasteiger partial charge in [0.15, 0.2) is 12.5 Å². The molecule has 3 aliphatic heterocycles. The van der Waals surface area contributed by atoms with Crippen LogP contribution >= 0.6 is 0 Å². The normalized spacial score (nSPS) is 19.7. The van der Waals surface area contributed by atoms with Gasteiger partial charge in [-0.15, -0.1) is 5.11 Å². The Hall–Kier alpha value is -2.46. The first-order valence-corrected chi connectivity index (χ1v) is 14.2. The number of piperidine rings is 2. The SMILES string of the molecule is NS(=O)(=O)c1c(CCC2CCNCC2)ccc(-c2ccc(C3CCNCC3)cc2)c1C1=NCN=N1. The minimum Gasteiger partial charge on any atom is -0.317 e. The average molecular weight is 495 g/mol. The molecule has 8 nitrogen and oxygen atoms in total. The molecule has 0 unspecified atom stereocenters. The summed E-state index contributed by atoms with van der Waals surface area (Å²) in [6.45, 7) is 4.31. The first-order chi connectivity index (χ1) is 17.0. The van der Waals surface area contributed by atoms with Crippen molar-refractivity contribution in [2.75, 3.05) is 32.8 Å². The van der Waals surface area contributed by atoms with Gasteiger partial charge in [0.25, 0.3) is 0 Å². The summed E-state index contributed by atoms with van der Waals surface area (Å²) in [4.78, 5) is 4.54. The van der Waals surface area contributed by atoms with E-state index in [2.05, 4.69) is 50.1 Å². The smallest absolute Gasteiger partial charge is 0.239 e. The molecule has 0 bridgehead atoms. The van der Waals surface area contributed by atoms with E-state index in [4.69, 9.17) is 5.14 Å². The quantitative estimate of drug-likeness (QED) is 0.545. The topological polar surface area (TPSA) is 121 Å². The fourth-order valence-corrected chi connectivity index (χ4v) is 6.61. The van der Waals surface area contributed by atoms with E-state index in [1.54, 1.807) is 0 Å². The molecule has 0 aromatic heterocycles. The van der Waals surface area contributed by atoms with E-state index in [0.717, 1.165) is 75.0 Å². The van der Waals surface area contributed by atoms with Crippen LogP contribution in [-0.2, 0) is 16.4 Å². The summed E-state index contributed by atoms with van der Waals surface area (Å²) in [6.07, 6.45) is 6.07. The third kappa shape index (κ3) is 5.53. The van der Waals surface area contributed by atoms with Crippen LogP contribution in [-0.4, -0.2) is 47.1 Å². The highest BCUT2D eigenvalue weighted by Crippen LogP contribution is 2.35. The lowest BCUT2D eigenvalue weighted by atomic mass is 9.87. The Bertz CT molecular complexity index is 1210. The highest BCUT2D eigenvalue weighted by Gasteiger charge is 2.28. The van der Waals surface area contributed by atoms with Gasteiger partial charge in [-0.1, -0.05) is 36.4 Å². The van der Waals surface area contributed by atoms with Crippen LogP contribution in [0.2, 0.25) is 0 Å². The second kappa shape index (κ2) is 10.7. The minimum absolute atomic E-state index is 0.144. The van der Waals surface area contributed by atoms with E-state index in [0.29, 0.717) is 29.7 Å². The van der Waals surface area contributed by atoms with Crippen LogP contribution in [0.3, 0.4) is 0 Å². The van der Waals surface area contributed by atoms with Gasteiger partial charge in [-0.05, 0) is 98.8 Å². The summed E-state index contributed by atoms with van der Waals surface area (Å²) >= 11 is 0. The van der Waals surface area contributed by atoms with E-state index in [1.807, 2.05) is 12.1 Å². The van der Waals surface area contributed by atoms with E-state index in [9.17, 15) is 8.42 Å². The molecule has 4 N–H and O–H groups in total. The van der Waals surface area contributed by atoms with Crippen molar-refractivity contribution in [3.63, 3.8) is 0 Å². The number of nitrogens with one attached hydrogen (secondary N) is 2. The molecule has 2 aromatic carbocycles. The molecule has 0 radical (unpaired) electrons. The number of benzene rings is 2. The van der Waals surface area contributed by atoms with Gasteiger partial charge < -0.3 is 10.6 Å². The fourth-order valence-electron chi connectivity index (χ4n) is 5.59. The summed E-state index contributed by atoms with van der Waals surface area (Å²) in [6, 6.07) is 12.4. The number of hydrogen-bond acceptors (Lipinski definition) is 7. The molecule has 3 heterocycles. The maximum atomic E-state index is 13.0. The number of primary sulfonamides is 1. The van der Waals surface area contributed by atoms with Crippen LogP contribution in [0.25, 0.3) is 11.1 Å². The van der Waals surface area contributed by atoms with Crippen molar-refractivity contribution in [1.82, 2.24) is 10.6 Å². The highest BCUT2D eigenvalue weighted by molar-refractivity contribution is 7.89. The first-order valence-electron chi connectivity index (χ1n) is 12.6. The Labute approximate surface area is 207 Å². The van der Waals surface area contributed by atoms with Crippen molar-refractivity contribution >= 4 is 15.9 Å². The Morgan fingerprint density at radius 1 is 0.914 bits per heavy atom. The standard InChI is InChI=1S/C26H34N6O2S/c27-35(33,34)25-22(2-1-18-9-13-28-14-10-18)7-8-23(24(25)26-30-17-31-32-26)21-5-3-19(4-6-21)20-11-15-29-16-12-20/h3-8,18,20,28-29H,1-2,9-17H2,(H2,27,33,34). The Morgan fingerprint density at radius 2 is 1.60 bits per heavy atom. The molecule has 186 valence electrons. The molecular weight excluding hydrogens is 460 g/mol. The largest absolute Gasteiger partial charge is 0.317 e. The maximum Gasteiger partial charge on any atom is 0.239 e. The number of azo groups is 1. The maximum absolute atomic E-state index is 13.0. The van der Waals surface area contributed by atoms with Gasteiger partial charge in [-0.2, -0.15) is 5.11 Å². The summed E-state index contributed by atoms with van der Waals surface area (Å²) in [5, 5.41) is 20.8. The van der Waals surface area contributed by atoms with Crippen molar-refractivity contribution in [1.29, 1.82) is 0 Å². The molecule has 0 amide bonds. The predicted molar refractivity (Wildman–Crippen MR) is 138 cm³/mol. The predicted octanol–water partition coefficient (Wildman–Crippen LogP) is 3.57. The van der Waals surface area contributed by atoms with E-state index in [-0.39, 0.29) is 11.6 Å². The third-order valence-corrected chi connectivity index (χ3v) is 8.54. The molecule has 2 fully saturated rings. The zero-order valence-electron chi connectivity index (χ0n) is 20.0. The van der Waals surface area contributed by atoms with Gasteiger partial charge in [-0.25, -0.2) is 18.5 Å². The second-order valence-corrected chi connectivity index (χ2v) is 11.3. The zero-order chi connectivity index (χ0) is 24.3. The monoisotopic (exact) mass is 494 g/mol. The van der Waals surface area contributed by atoms with Gasteiger partial charge in [0, 0.05) is 5.56 Å². The lowest BCUT2D eigenvalue weighted by Crippen LogP contribution is -2.28. The van der Waals surface area contributed by atoms with Gasteiger partial charge in [0.1, 0.15) is 0 Å². The van der Waals surface area contributed by atoms with Crippen LogP contribution in [0.15, 0.2) is 56.5 Å². The van der Waals surface area contributed by atoms with Crippen molar-refractivity contribution in [2.24, 2.45) is 26.3 Å². The van der Waals surface area contributed by atoms with Gasteiger partial charge in [-0.3, -0.25) is 0 Å². The van der Waals surface area contributed by atoms with E-state index < -0.39 is 10.0 Å². The molecule has 0 saturated carbocycles. The average Bonchev–Trinajstić information content (AvgIpc) is 3.42. The zero-order valence-corrected chi connectivity index (χ0v) is 20.9. The molecule has 2 aromatic rings. The number of aryl methyl sites for hydroxylation is 1. The summed E-state index contributed by atoms with van der Waals surface area (Å²) in [5.74, 6) is 1.48. The number of amidine groups is 1. The summed E-state index contributed by atoms with van der Waals surface area (Å²) in [7, 11) is -4.01. The number of rotatable bonds is 7. The van der Waals surface area contributed by atoms with Gasteiger partial charge in [0.05, 0.1) is 4.90 Å². The number of nitrogens with two attached hydrogens (primary N) is 1.